The van der Waals surface area contributed by atoms with Crippen molar-refractivity contribution in [2.75, 3.05) is 13.1 Å². The maximum Gasteiger partial charge on any atom is 0.126 e. The summed E-state index contributed by atoms with van der Waals surface area (Å²) in [6.07, 6.45) is 6.94. The summed E-state index contributed by atoms with van der Waals surface area (Å²) in [5.41, 5.74) is 1.31. The summed E-state index contributed by atoms with van der Waals surface area (Å²) < 4.78 is 11.1. The number of furan rings is 1. The monoisotopic (exact) mass is 255 g/mol. The van der Waals surface area contributed by atoms with E-state index in [-0.39, 0.29) is 6.10 Å². The predicted octanol–water partition coefficient (Wildman–Crippen LogP) is 2.89. The van der Waals surface area contributed by atoms with E-state index in [1.807, 2.05) is 30.3 Å². The minimum absolute atomic E-state index is 0.245. The van der Waals surface area contributed by atoms with Crippen molar-refractivity contribution in [1.29, 1.82) is 0 Å². The highest BCUT2D eigenvalue weighted by atomic mass is 16.5. The Labute approximate surface area is 112 Å². The Balaban J connectivity index is 1.40. The molecule has 2 aromatic rings. The van der Waals surface area contributed by atoms with Crippen LogP contribution in [-0.4, -0.2) is 19.2 Å². The van der Waals surface area contributed by atoms with Crippen LogP contribution in [0.1, 0.15) is 11.3 Å². The molecule has 3 nitrogen and oxygen atoms in total. The van der Waals surface area contributed by atoms with Crippen LogP contribution >= 0.6 is 0 Å². The zero-order valence-corrected chi connectivity index (χ0v) is 10.7. The second-order valence-corrected chi connectivity index (χ2v) is 4.63. The molecule has 0 spiro atoms. The largest absolute Gasteiger partial charge is 0.488 e. The van der Waals surface area contributed by atoms with Gasteiger partial charge >= 0.3 is 0 Å². The molecule has 3 rings (SSSR count). The number of hydrogen-bond donors (Lipinski definition) is 1. The first kappa shape index (κ1) is 12.1. The Bertz CT molecular complexity index is 521. The van der Waals surface area contributed by atoms with Crippen LogP contribution in [0.25, 0.3) is 6.08 Å². The summed E-state index contributed by atoms with van der Waals surface area (Å²) in [6, 6.07) is 12.1. The zero-order chi connectivity index (χ0) is 12.9. The molecule has 98 valence electrons. The Morgan fingerprint density at radius 2 is 2.16 bits per heavy atom. The molecule has 1 unspecified atom stereocenters. The van der Waals surface area contributed by atoms with Crippen molar-refractivity contribution in [2.24, 2.45) is 0 Å². The van der Waals surface area contributed by atoms with Gasteiger partial charge in [0.2, 0.25) is 0 Å². The van der Waals surface area contributed by atoms with E-state index in [4.69, 9.17) is 9.15 Å². The van der Waals surface area contributed by atoms with Crippen molar-refractivity contribution < 1.29 is 9.15 Å². The lowest BCUT2D eigenvalue weighted by atomic mass is 10.1. The van der Waals surface area contributed by atoms with Gasteiger partial charge in [0.25, 0.3) is 0 Å². The topological polar surface area (TPSA) is 34.4 Å². The van der Waals surface area contributed by atoms with Crippen LogP contribution in [0, 0.1) is 0 Å². The van der Waals surface area contributed by atoms with Crippen LogP contribution in [0.5, 0.6) is 5.75 Å². The van der Waals surface area contributed by atoms with Crippen molar-refractivity contribution in [3.63, 3.8) is 0 Å². The fourth-order valence-electron chi connectivity index (χ4n) is 2.26. The van der Waals surface area contributed by atoms with Crippen LogP contribution < -0.4 is 10.1 Å². The molecule has 0 amide bonds. The number of ether oxygens (including phenoxy) is 1. The van der Waals surface area contributed by atoms with E-state index in [2.05, 4.69) is 23.5 Å². The molecule has 1 aliphatic heterocycles. The SMILES string of the molecule is C(=C\c1ccco1)/CNCC1Cc2ccccc2O1. The number of nitrogens with one attached hydrogen (secondary N) is 1. The Morgan fingerprint density at radius 3 is 3.00 bits per heavy atom. The Morgan fingerprint density at radius 1 is 1.21 bits per heavy atom. The standard InChI is InChI=1S/C16H17NO2/c1-2-8-16-13(5-1)11-15(19-16)12-17-9-3-6-14-7-4-10-18-14/h1-8,10,15,17H,9,11-12H2/b6-3+. The van der Waals surface area contributed by atoms with Crippen LogP contribution in [0.4, 0.5) is 0 Å². The van der Waals surface area contributed by atoms with Gasteiger partial charge in [0.15, 0.2) is 0 Å². The predicted molar refractivity (Wildman–Crippen MR) is 75.2 cm³/mol. The Kier molecular flexibility index (Phi) is 3.65. The van der Waals surface area contributed by atoms with E-state index in [9.17, 15) is 0 Å². The molecule has 2 heterocycles. The van der Waals surface area contributed by atoms with Gasteiger partial charge in [-0.2, -0.15) is 0 Å². The van der Waals surface area contributed by atoms with Crippen LogP contribution in [0.3, 0.4) is 0 Å². The zero-order valence-electron chi connectivity index (χ0n) is 10.7. The van der Waals surface area contributed by atoms with Gasteiger partial charge in [-0.25, -0.2) is 0 Å². The number of rotatable bonds is 5. The fraction of sp³-hybridized carbons (Fsp3) is 0.250. The summed E-state index contributed by atoms with van der Waals surface area (Å²) in [5.74, 6) is 1.91. The van der Waals surface area contributed by atoms with Gasteiger partial charge in [0, 0.05) is 19.5 Å². The molecule has 0 bridgehead atoms. The van der Waals surface area contributed by atoms with E-state index in [1.165, 1.54) is 5.56 Å². The maximum atomic E-state index is 5.85. The van der Waals surface area contributed by atoms with Gasteiger partial charge in [0.05, 0.1) is 6.26 Å². The van der Waals surface area contributed by atoms with Crippen molar-refractivity contribution in [1.82, 2.24) is 5.32 Å². The second-order valence-electron chi connectivity index (χ2n) is 4.63. The van der Waals surface area contributed by atoms with Crippen LogP contribution in [0.15, 0.2) is 53.2 Å². The lowest BCUT2D eigenvalue weighted by molar-refractivity contribution is 0.229. The maximum absolute atomic E-state index is 5.85. The summed E-state index contributed by atoms with van der Waals surface area (Å²) in [7, 11) is 0. The quantitative estimate of drug-likeness (QED) is 0.834. The molecule has 3 heteroatoms. The Hall–Kier alpha value is -2.00. The lowest BCUT2D eigenvalue weighted by Crippen LogP contribution is -2.30. The van der Waals surface area contributed by atoms with Gasteiger partial charge in [-0.15, -0.1) is 0 Å². The van der Waals surface area contributed by atoms with Gasteiger partial charge in [0.1, 0.15) is 17.6 Å². The molecule has 0 saturated heterocycles. The third-order valence-corrected chi connectivity index (χ3v) is 3.17. The highest BCUT2D eigenvalue weighted by Gasteiger charge is 2.21. The minimum atomic E-state index is 0.245. The molecule has 1 N–H and O–H groups in total. The molecule has 1 aliphatic rings. The van der Waals surface area contributed by atoms with Gasteiger partial charge in [-0.05, 0) is 29.8 Å². The summed E-state index contributed by atoms with van der Waals surface area (Å²) in [6.45, 7) is 1.67. The number of fused-ring (bicyclic) bond motifs is 1. The first-order valence-corrected chi connectivity index (χ1v) is 6.57. The van der Waals surface area contributed by atoms with E-state index in [0.29, 0.717) is 0 Å². The van der Waals surface area contributed by atoms with Crippen molar-refractivity contribution in [3.05, 3.63) is 60.1 Å². The highest BCUT2D eigenvalue weighted by molar-refractivity contribution is 5.42. The number of hydrogen-bond acceptors (Lipinski definition) is 3. The smallest absolute Gasteiger partial charge is 0.126 e. The van der Waals surface area contributed by atoms with E-state index < -0.39 is 0 Å². The fourth-order valence-corrected chi connectivity index (χ4v) is 2.26. The molecular formula is C16H17NO2. The molecule has 19 heavy (non-hydrogen) atoms. The summed E-state index contributed by atoms with van der Waals surface area (Å²) in [4.78, 5) is 0. The molecule has 0 saturated carbocycles. The van der Waals surface area contributed by atoms with Crippen molar-refractivity contribution in [3.8, 4) is 5.75 Å². The first-order chi connectivity index (χ1) is 9.42. The molecule has 0 aliphatic carbocycles. The van der Waals surface area contributed by atoms with E-state index >= 15 is 0 Å². The summed E-state index contributed by atoms with van der Waals surface area (Å²) in [5, 5.41) is 3.37. The third kappa shape index (κ3) is 3.06. The molecule has 1 aromatic heterocycles. The van der Waals surface area contributed by atoms with Gasteiger partial charge in [-0.3, -0.25) is 0 Å². The normalized spacial score (nSPS) is 17.6. The molecule has 0 radical (unpaired) electrons. The molecular weight excluding hydrogens is 238 g/mol. The highest BCUT2D eigenvalue weighted by Crippen LogP contribution is 2.27. The van der Waals surface area contributed by atoms with E-state index in [1.54, 1.807) is 6.26 Å². The van der Waals surface area contributed by atoms with Crippen LogP contribution in [0.2, 0.25) is 0 Å². The number of para-hydroxylation sites is 1. The average molecular weight is 255 g/mol. The van der Waals surface area contributed by atoms with Gasteiger partial charge in [-0.1, -0.05) is 24.3 Å². The molecule has 1 aromatic carbocycles. The van der Waals surface area contributed by atoms with Crippen molar-refractivity contribution in [2.45, 2.75) is 12.5 Å². The van der Waals surface area contributed by atoms with Gasteiger partial charge < -0.3 is 14.5 Å². The first-order valence-electron chi connectivity index (χ1n) is 6.57. The lowest BCUT2D eigenvalue weighted by Gasteiger charge is -2.10. The minimum Gasteiger partial charge on any atom is -0.488 e. The van der Waals surface area contributed by atoms with E-state index in [0.717, 1.165) is 31.0 Å². The van der Waals surface area contributed by atoms with Crippen LogP contribution in [-0.2, 0) is 6.42 Å². The summed E-state index contributed by atoms with van der Waals surface area (Å²) >= 11 is 0. The second kappa shape index (κ2) is 5.76. The average Bonchev–Trinajstić information content (AvgIpc) is 3.06. The van der Waals surface area contributed by atoms with Crippen molar-refractivity contribution >= 4 is 6.08 Å². The molecule has 0 fully saturated rings. The molecule has 1 atom stereocenters. The number of benzene rings is 1. The third-order valence-electron chi connectivity index (χ3n) is 3.17.